The molecule has 0 saturated carbocycles. The summed E-state index contributed by atoms with van der Waals surface area (Å²) in [6.07, 6.45) is 3.00. The first-order valence-corrected chi connectivity index (χ1v) is 5.27. The van der Waals surface area contributed by atoms with Crippen molar-refractivity contribution in [2.75, 3.05) is 0 Å². The molecule has 0 saturated heterocycles. The first-order valence-electron chi connectivity index (χ1n) is 4.48. The van der Waals surface area contributed by atoms with Crippen molar-refractivity contribution < 1.29 is 9.90 Å². The number of nitrogens with zero attached hydrogens (tertiary/aromatic N) is 2. The minimum atomic E-state index is -1.12. The van der Waals surface area contributed by atoms with Gasteiger partial charge in [0.1, 0.15) is 0 Å². The van der Waals surface area contributed by atoms with E-state index >= 15 is 0 Å². The number of rotatable bonds is 2. The Bertz CT molecular complexity index is 526. The van der Waals surface area contributed by atoms with Gasteiger partial charge in [-0.3, -0.25) is 0 Å². The number of aromatic nitrogens is 2. The van der Waals surface area contributed by atoms with Crippen LogP contribution >= 0.6 is 15.9 Å². The van der Waals surface area contributed by atoms with Crippen LogP contribution in [0, 0.1) is 0 Å². The van der Waals surface area contributed by atoms with E-state index in [1.54, 1.807) is 0 Å². The van der Waals surface area contributed by atoms with Crippen LogP contribution in [0.15, 0.2) is 41.1 Å². The molecule has 4 nitrogen and oxygen atoms in total. The number of benzene rings is 1. The topological polar surface area (TPSA) is 63.1 Å². The van der Waals surface area contributed by atoms with Gasteiger partial charge in [-0.2, -0.15) is 0 Å². The zero-order chi connectivity index (χ0) is 11.5. The summed E-state index contributed by atoms with van der Waals surface area (Å²) in [6, 6.07) is 7.63. The third kappa shape index (κ3) is 2.25. The maximum atomic E-state index is 10.6. The molecule has 0 fully saturated rings. The molecule has 2 rings (SSSR count). The highest BCUT2D eigenvalue weighted by Crippen LogP contribution is 2.21. The van der Waals surface area contributed by atoms with Gasteiger partial charge in [-0.25, -0.2) is 14.8 Å². The number of carbonyl (C=O) groups is 1. The third-order valence-electron chi connectivity index (χ3n) is 2.00. The number of hydrogen-bond acceptors (Lipinski definition) is 3. The quantitative estimate of drug-likeness (QED) is 0.917. The monoisotopic (exact) mass is 278 g/mol. The fraction of sp³-hybridized carbons (Fsp3) is 0. The second kappa shape index (κ2) is 4.40. The highest BCUT2D eigenvalue weighted by atomic mass is 79.9. The highest BCUT2D eigenvalue weighted by molar-refractivity contribution is 9.10. The Balaban J connectivity index is 2.38. The van der Waals surface area contributed by atoms with Crippen LogP contribution in [0.3, 0.4) is 0 Å². The lowest BCUT2D eigenvalue weighted by Gasteiger charge is -2.01. The average Bonchev–Trinajstić information content (AvgIpc) is 2.29. The lowest BCUT2D eigenvalue weighted by Crippen LogP contribution is -2.03. The summed E-state index contributed by atoms with van der Waals surface area (Å²) in [5, 5.41) is 8.66. The van der Waals surface area contributed by atoms with E-state index in [4.69, 9.17) is 5.11 Å². The molecule has 0 radical (unpaired) electrons. The lowest BCUT2D eigenvalue weighted by molar-refractivity contribution is 0.0683. The second-order valence-corrected chi connectivity index (χ2v) is 4.03. The molecule has 0 aliphatic heterocycles. The molecule has 0 atom stereocenters. The van der Waals surface area contributed by atoms with Crippen LogP contribution in [0.1, 0.15) is 10.6 Å². The van der Waals surface area contributed by atoms with E-state index < -0.39 is 5.97 Å². The van der Waals surface area contributed by atoms with E-state index in [9.17, 15) is 4.79 Å². The summed E-state index contributed by atoms with van der Waals surface area (Å²) in [5.41, 5.74) is 1.72. The number of aromatic carboxylic acids is 1. The summed E-state index contributed by atoms with van der Waals surface area (Å²) in [5.74, 6) is -1.32. The fourth-order valence-electron chi connectivity index (χ4n) is 1.26. The van der Waals surface area contributed by atoms with Crippen LogP contribution in [0.25, 0.3) is 11.1 Å². The Morgan fingerprint density at radius 1 is 1.19 bits per heavy atom. The number of carboxylic acid groups (broad SMARTS) is 1. The average molecular weight is 279 g/mol. The summed E-state index contributed by atoms with van der Waals surface area (Å²) < 4.78 is 0.951. The predicted octanol–water partition coefficient (Wildman–Crippen LogP) is 2.60. The standard InChI is InChI=1S/C11H7BrN2O2/c12-9-3-1-2-7(4-9)8-5-13-10(11(15)16)14-6-8/h1-6H,(H,15,16). The molecule has 1 aromatic carbocycles. The minimum absolute atomic E-state index is 0.196. The van der Waals surface area contributed by atoms with E-state index in [2.05, 4.69) is 25.9 Å². The number of carboxylic acids is 1. The first-order chi connectivity index (χ1) is 7.66. The largest absolute Gasteiger partial charge is 0.475 e. The SMILES string of the molecule is O=C(O)c1ncc(-c2cccc(Br)c2)cn1. The molecule has 80 valence electrons. The molecule has 0 aliphatic rings. The molecule has 0 unspecified atom stereocenters. The van der Waals surface area contributed by atoms with Crippen molar-refractivity contribution in [3.63, 3.8) is 0 Å². The lowest BCUT2D eigenvalue weighted by atomic mass is 10.1. The molecule has 1 N–H and O–H groups in total. The van der Waals surface area contributed by atoms with Crippen molar-refractivity contribution in [2.24, 2.45) is 0 Å². The third-order valence-corrected chi connectivity index (χ3v) is 2.49. The molecule has 1 heterocycles. The summed E-state index contributed by atoms with van der Waals surface area (Å²) in [4.78, 5) is 18.1. The molecule has 1 aromatic heterocycles. The number of halogens is 1. The van der Waals surface area contributed by atoms with Crippen LogP contribution in [-0.2, 0) is 0 Å². The Morgan fingerprint density at radius 3 is 2.44 bits per heavy atom. The van der Waals surface area contributed by atoms with Gasteiger partial charge in [0, 0.05) is 22.4 Å². The van der Waals surface area contributed by atoms with Crippen molar-refractivity contribution in [2.45, 2.75) is 0 Å². The van der Waals surface area contributed by atoms with Gasteiger partial charge in [0.25, 0.3) is 0 Å². The molecule has 0 amide bonds. The summed E-state index contributed by atoms with van der Waals surface area (Å²) in [6.45, 7) is 0. The van der Waals surface area contributed by atoms with E-state index in [1.807, 2.05) is 24.3 Å². The zero-order valence-electron chi connectivity index (χ0n) is 8.09. The van der Waals surface area contributed by atoms with Crippen LogP contribution in [0.5, 0.6) is 0 Å². The molecule has 2 aromatic rings. The molecule has 0 bridgehead atoms. The van der Waals surface area contributed by atoms with Crippen LogP contribution < -0.4 is 0 Å². The van der Waals surface area contributed by atoms with Gasteiger partial charge in [-0.1, -0.05) is 28.1 Å². The van der Waals surface area contributed by atoms with E-state index in [1.165, 1.54) is 12.4 Å². The Kier molecular flexibility index (Phi) is 2.96. The zero-order valence-corrected chi connectivity index (χ0v) is 9.68. The minimum Gasteiger partial charge on any atom is -0.475 e. The Hall–Kier alpha value is -1.75. The second-order valence-electron chi connectivity index (χ2n) is 3.11. The number of hydrogen-bond donors (Lipinski definition) is 1. The molecule has 16 heavy (non-hydrogen) atoms. The van der Waals surface area contributed by atoms with Crippen LogP contribution in [-0.4, -0.2) is 21.0 Å². The fourth-order valence-corrected chi connectivity index (χ4v) is 1.65. The smallest absolute Gasteiger partial charge is 0.373 e. The molecule has 0 aliphatic carbocycles. The van der Waals surface area contributed by atoms with Crippen molar-refractivity contribution in [3.05, 3.63) is 47.0 Å². The molecular formula is C11H7BrN2O2. The van der Waals surface area contributed by atoms with Gasteiger partial charge >= 0.3 is 5.97 Å². The van der Waals surface area contributed by atoms with Crippen molar-refractivity contribution in [1.82, 2.24) is 9.97 Å². The highest BCUT2D eigenvalue weighted by Gasteiger charge is 2.06. The van der Waals surface area contributed by atoms with Gasteiger partial charge < -0.3 is 5.11 Å². The van der Waals surface area contributed by atoms with Crippen molar-refractivity contribution >= 4 is 21.9 Å². The Morgan fingerprint density at radius 2 is 1.88 bits per heavy atom. The van der Waals surface area contributed by atoms with Crippen molar-refractivity contribution in [3.8, 4) is 11.1 Å². The van der Waals surface area contributed by atoms with Gasteiger partial charge in [0.2, 0.25) is 5.82 Å². The van der Waals surface area contributed by atoms with Gasteiger partial charge in [0.05, 0.1) is 0 Å². The molecule has 0 spiro atoms. The maximum absolute atomic E-state index is 10.6. The normalized spacial score (nSPS) is 10.1. The first kappa shape index (κ1) is 10.8. The summed E-state index contributed by atoms with van der Waals surface area (Å²) >= 11 is 3.36. The van der Waals surface area contributed by atoms with Gasteiger partial charge in [-0.15, -0.1) is 0 Å². The van der Waals surface area contributed by atoms with Gasteiger partial charge in [0.15, 0.2) is 0 Å². The maximum Gasteiger partial charge on any atom is 0.373 e. The predicted molar refractivity (Wildman–Crippen MR) is 62.1 cm³/mol. The van der Waals surface area contributed by atoms with E-state index in [0.29, 0.717) is 0 Å². The van der Waals surface area contributed by atoms with Crippen LogP contribution in [0.4, 0.5) is 0 Å². The van der Waals surface area contributed by atoms with Gasteiger partial charge in [-0.05, 0) is 17.7 Å². The molecule has 5 heteroatoms. The molecular weight excluding hydrogens is 272 g/mol. The Labute approximate surface area is 100 Å². The summed E-state index contributed by atoms with van der Waals surface area (Å²) in [7, 11) is 0. The van der Waals surface area contributed by atoms with E-state index in [0.717, 1.165) is 15.6 Å². The van der Waals surface area contributed by atoms with E-state index in [-0.39, 0.29) is 5.82 Å². The van der Waals surface area contributed by atoms with Crippen molar-refractivity contribution in [1.29, 1.82) is 0 Å². The van der Waals surface area contributed by atoms with Crippen LogP contribution in [0.2, 0.25) is 0 Å².